The molecule has 0 aliphatic rings. The molecule has 0 amide bonds. The molecule has 1 N–H and O–H groups in total. The van der Waals surface area contributed by atoms with Crippen molar-refractivity contribution in [3.05, 3.63) is 95.5 Å². The number of rotatable bonds is 13. The van der Waals surface area contributed by atoms with Crippen molar-refractivity contribution in [1.29, 1.82) is 0 Å². The molecule has 0 unspecified atom stereocenters. The molecule has 0 radical (unpaired) electrons. The maximum Gasteiger partial charge on any atom is 0.312 e. The molecule has 2 aromatic heterocycles. The Morgan fingerprint density at radius 3 is 2.42 bits per heavy atom. The molecule has 0 saturated carbocycles. The Bertz CT molecular complexity index is 1120. The predicted molar refractivity (Wildman–Crippen MR) is 144 cm³/mol. The quantitative estimate of drug-likeness (QED) is 0.262. The molecule has 2 heterocycles. The molecule has 0 bridgehead atoms. The van der Waals surface area contributed by atoms with E-state index in [2.05, 4.69) is 67.6 Å². The van der Waals surface area contributed by atoms with Crippen molar-refractivity contribution >= 4 is 5.97 Å². The van der Waals surface area contributed by atoms with Crippen molar-refractivity contribution in [3.8, 4) is 5.82 Å². The number of nitrogens with zero attached hydrogens (tertiary/aromatic N) is 2. The SMILES string of the molecule is C=CCO[C@@H](CNCc1ccccc1)[C@@H](Cc1cc(C)cc(-n2c(C)ccc2C)n1)C(=O)OC(C)C. The van der Waals surface area contributed by atoms with Crippen LogP contribution in [0.3, 0.4) is 0 Å². The number of carbonyl (C=O) groups is 1. The molecular weight excluding hydrogens is 450 g/mol. The van der Waals surface area contributed by atoms with Crippen LogP contribution in [0.2, 0.25) is 0 Å². The van der Waals surface area contributed by atoms with Gasteiger partial charge in [-0.1, -0.05) is 36.4 Å². The lowest BCUT2D eigenvalue weighted by Crippen LogP contribution is -2.41. The van der Waals surface area contributed by atoms with Gasteiger partial charge in [0.1, 0.15) is 5.82 Å². The van der Waals surface area contributed by atoms with Gasteiger partial charge in [0.05, 0.1) is 24.7 Å². The van der Waals surface area contributed by atoms with Gasteiger partial charge in [0.15, 0.2) is 0 Å². The maximum absolute atomic E-state index is 13.3. The third-order valence-electron chi connectivity index (χ3n) is 5.99. The van der Waals surface area contributed by atoms with Crippen LogP contribution in [-0.4, -0.2) is 40.9 Å². The van der Waals surface area contributed by atoms with E-state index in [1.165, 1.54) is 5.56 Å². The first-order chi connectivity index (χ1) is 17.3. The van der Waals surface area contributed by atoms with Crippen LogP contribution in [0.5, 0.6) is 0 Å². The number of hydrogen-bond acceptors (Lipinski definition) is 5. The summed E-state index contributed by atoms with van der Waals surface area (Å²) in [5.74, 6) is 0.0510. The highest BCUT2D eigenvalue weighted by Crippen LogP contribution is 2.21. The van der Waals surface area contributed by atoms with E-state index in [1.54, 1.807) is 6.08 Å². The van der Waals surface area contributed by atoms with Gasteiger partial charge in [0, 0.05) is 36.6 Å². The van der Waals surface area contributed by atoms with Gasteiger partial charge < -0.3 is 19.4 Å². The summed E-state index contributed by atoms with van der Waals surface area (Å²) in [5.41, 5.74) is 5.32. The summed E-state index contributed by atoms with van der Waals surface area (Å²) in [7, 11) is 0. The minimum absolute atomic E-state index is 0.219. The molecule has 0 aliphatic carbocycles. The lowest BCUT2D eigenvalue weighted by molar-refractivity contribution is -0.157. The monoisotopic (exact) mass is 489 g/mol. The number of hydrogen-bond donors (Lipinski definition) is 1. The third-order valence-corrected chi connectivity index (χ3v) is 5.99. The summed E-state index contributed by atoms with van der Waals surface area (Å²) in [6.07, 6.45) is 1.49. The van der Waals surface area contributed by atoms with Crippen LogP contribution in [0.15, 0.2) is 67.3 Å². The molecular formula is C30H39N3O3. The standard InChI is InChI=1S/C30H39N3O3/c1-7-15-35-28(20-31-19-25-11-9-8-10-12-25)27(30(34)36-21(2)3)18-26-16-22(4)17-29(32-26)33-23(5)13-14-24(33)6/h7-14,16-17,21,27-28,31H,1,15,18-20H2,2-6H3/t27-,28+/m1/s1. The maximum atomic E-state index is 13.3. The Labute approximate surface area is 215 Å². The van der Waals surface area contributed by atoms with Crippen LogP contribution in [0.4, 0.5) is 0 Å². The summed E-state index contributed by atoms with van der Waals surface area (Å²) >= 11 is 0. The average molecular weight is 490 g/mol. The number of esters is 1. The fraction of sp³-hybridized carbons (Fsp3) is 0.400. The predicted octanol–water partition coefficient (Wildman–Crippen LogP) is 5.27. The number of nitrogens with one attached hydrogen (secondary N) is 1. The second-order valence-electron chi connectivity index (χ2n) is 9.52. The van der Waals surface area contributed by atoms with Crippen molar-refractivity contribution in [2.75, 3.05) is 13.2 Å². The van der Waals surface area contributed by atoms with Crippen molar-refractivity contribution in [3.63, 3.8) is 0 Å². The second-order valence-corrected chi connectivity index (χ2v) is 9.52. The molecule has 3 rings (SSSR count). The molecule has 36 heavy (non-hydrogen) atoms. The van der Waals surface area contributed by atoms with Gasteiger partial charge >= 0.3 is 5.97 Å². The summed E-state index contributed by atoms with van der Waals surface area (Å²) in [6.45, 7) is 15.2. The van der Waals surface area contributed by atoms with Crippen molar-refractivity contribution in [2.45, 2.75) is 59.8 Å². The van der Waals surface area contributed by atoms with Gasteiger partial charge in [-0.05, 0) is 70.0 Å². The Hall–Kier alpha value is -3.22. The van der Waals surface area contributed by atoms with Gasteiger partial charge in [-0.2, -0.15) is 0 Å². The average Bonchev–Trinajstić information content (AvgIpc) is 3.17. The summed E-state index contributed by atoms with van der Waals surface area (Å²) in [5, 5.41) is 3.45. The topological polar surface area (TPSA) is 65.4 Å². The van der Waals surface area contributed by atoms with Crippen LogP contribution >= 0.6 is 0 Å². The molecule has 1 aromatic carbocycles. The third kappa shape index (κ3) is 7.64. The van der Waals surface area contributed by atoms with Gasteiger partial charge in [0.25, 0.3) is 0 Å². The first-order valence-corrected chi connectivity index (χ1v) is 12.6. The molecule has 0 aliphatic heterocycles. The fourth-order valence-corrected chi connectivity index (χ4v) is 4.34. The minimum atomic E-state index is -0.523. The molecule has 0 spiro atoms. The number of aromatic nitrogens is 2. The zero-order chi connectivity index (χ0) is 26.1. The lowest BCUT2D eigenvalue weighted by atomic mass is 9.95. The van der Waals surface area contributed by atoms with Crippen LogP contribution in [0, 0.1) is 26.7 Å². The van der Waals surface area contributed by atoms with E-state index in [-0.39, 0.29) is 12.1 Å². The Balaban J connectivity index is 1.88. The molecule has 3 aromatic rings. The number of aryl methyl sites for hydroxylation is 3. The number of ether oxygens (including phenoxy) is 2. The Kier molecular flexibility index (Phi) is 10.0. The smallest absolute Gasteiger partial charge is 0.312 e. The van der Waals surface area contributed by atoms with E-state index in [9.17, 15) is 4.79 Å². The van der Waals surface area contributed by atoms with Crippen molar-refractivity contribution in [2.24, 2.45) is 5.92 Å². The van der Waals surface area contributed by atoms with E-state index in [0.29, 0.717) is 26.1 Å². The van der Waals surface area contributed by atoms with E-state index < -0.39 is 12.0 Å². The van der Waals surface area contributed by atoms with E-state index in [4.69, 9.17) is 14.5 Å². The van der Waals surface area contributed by atoms with Gasteiger partial charge in [0.2, 0.25) is 0 Å². The van der Waals surface area contributed by atoms with Crippen LogP contribution < -0.4 is 5.32 Å². The second kappa shape index (κ2) is 13.2. The fourth-order valence-electron chi connectivity index (χ4n) is 4.34. The number of carbonyl (C=O) groups excluding carboxylic acids is 1. The number of pyridine rings is 1. The highest BCUT2D eigenvalue weighted by Gasteiger charge is 2.32. The molecule has 6 heteroatoms. The van der Waals surface area contributed by atoms with E-state index >= 15 is 0 Å². The normalized spacial score (nSPS) is 12.9. The molecule has 6 nitrogen and oxygen atoms in total. The molecule has 2 atom stereocenters. The first kappa shape index (κ1) is 27.4. The van der Waals surface area contributed by atoms with Gasteiger partial charge in [-0.25, -0.2) is 4.98 Å². The zero-order valence-electron chi connectivity index (χ0n) is 22.2. The summed E-state index contributed by atoms with van der Waals surface area (Å²) in [4.78, 5) is 18.3. The molecule has 0 fully saturated rings. The van der Waals surface area contributed by atoms with E-state index in [1.807, 2.05) is 38.1 Å². The van der Waals surface area contributed by atoms with Crippen LogP contribution in [-0.2, 0) is 27.2 Å². The Morgan fingerprint density at radius 1 is 1.08 bits per heavy atom. The molecule has 192 valence electrons. The van der Waals surface area contributed by atoms with Crippen LogP contribution in [0.25, 0.3) is 5.82 Å². The summed E-state index contributed by atoms with van der Waals surface area (Å²) in [6, 6.07) is 18.4. The Morgan fingerprint density at radius 2 is 1.78 bits per heavy atom. The zero-order valence-corrected chi connectivity index (χ0v) is 22.2. The highest BCUT2D eigenvalue weighted by molar-refractivity contribution is 5.73. The van der Waals surface area contributed by atoms with E-state index in [0.717, 1.165) is 28.5 Å². The molecule has 0 saturated heterocycles. The van der Waals surface area contributed by atoms with Crippen LogP contribution in [0.1, 0.15) is 42.1 Å². The summed E-state index contributed by atoms with van der Waals surface area (Å²) < 4.78 is 13.9. The highest BCUT2D eigenvalue weighted by atomic mass is 16.5. The van der Waals surface area contributed by atoms with Gasteiger partial charge in [-0.3, -0.25) is 4.79 Å². The van der Waals surface area contributed by atoms with Crippen molar-refractivity contribution < 1.29 is 14.3 Å². The lowest BCUT2D eigenvalue weighted by Gasteiger charge is -2.27. The largest absolute Gasteiger partial charge is 0.463 e. The minimum Gasteiger partial charge on any atom is -0.463 e. The first-order valence-electron chi connectivity index (χ1n) is 12.6. The van der Waals surface area contributed by atoms with Gasteiger partial charge in [-0.15, -0.1) is 6.58 Å². The number of benzene rings is 1. The van der Waals surface area contributed by atoms with Crippen molar-refractivity contribution in [1.82, 2.24) is 14.9 Å².